The molecular weight excluding hydrogens is 228 g/mol. The zero-order valence-electron chi connectivity index (χ0n) is 8.67. The van der Waals surface area contributed by atoms with Gasteiger partial charge in [0.15, 0.2) is 6.10 Å². The van der Waals surface area contributed by atoms with E-state index >= 15 is 0 Å². The van der Waals surface area contributed by atoms with Crippen molar-refractivity contribution in [2.45, 2.75) is 24.3 Å². The van der Waals surface area contributed by atoms with Crippen molar-refractivity contribution < 1.29 is 19.8 Å². The van der Waals surface area contributed by atoms with Crippen LogP contribution in [0.5, 0.6) is 0 Å². The van der Waals surface area contributed by atoms with E-state index in [1.165, 1.54) is 19.1 Å². The maximum Gasteiger partial charge on any atom is 0.337 e. The Balaban J connectivity index is 2.99. The zero-order chi connectivity index (χ0) is 12.3. The first-order valence-corrected chi connectivity index (χ1v) is 5.08. The minimum atomic E-state index is -1.56. The van der Waals surface area contributed by atoms with Crippen molar-refractivity contribution in [1.29, 1.82) is 0 Å². The largest absolute Gasteiger partial charge is 0.479 e. The van der Waals surface area contributed by atoms with E-state index in [2.05, 4.69) is 12.6 Å². The molecule has 0 saturated carbocycles. The number of ketones is 1. The van der Waals surface area contributed by atoms with Crippen molar-refractivity contribution in [3.8, 4) is 0 Å². The van der Waals surface area contributed by atoms with Gasteiger partial charge < -0.3 is 10.2 Å². The highest BCUT2D eigenvalue weighted by atomic mass is 32.1. The fraction of sp³-hybridized carbons (Fsp3) is 0.273. The van der Waals surface area contributed by atoms with Crippen LogP contribution in [0.4, 0.5) is 0 Å². The normalized spacial score (nSPS) is 12.2. The van der Waals surface area contributed by atoms with Crippen LogP contribution in [0.1, 0.15) is 24.2 Å². The first kappa shape index (κ1) is 12.7. The number of benzene rings is 1. The summed E-state index contributed by atoms with van der Waals surface area (Å²) in [5.74, 6) is -1.31. The number of aliphatic carboxylic acids is 1. The van der Waals surface area contributed by atoms with Crippen LogP contribution in [0, 0.1) is 0 Å². The van der Waals surface area contributed by atoms with Gasteiger partial charge in [0, 0.05) is 11.3 Å². The predicted molar refractivity (Wildman–Crippen MR) is 60.7 cm³/mol. The number of carbonyl (C=O) groups is 2. The van der Waals surface area contributed by atoms with Gasteiger partial charge in [-0.25, -0.2) is 4.79 Å². The highest BCUT2D eigenvalue weighted by Gasteiger charge is 2.16. The molecule has 1 rings (SSSR count). The van der Waals surface area contributed by atoms with Crippen molar-refractivity contribution >= 4 is 24.4 Å². The standard InChI is InChI=1S/C11H12O4S/c1-6(12)4-7-2-3-8(5-9(7)16)10(13)11(14)15/h2-3,5,10,13,16H,4H2,1H3,(H,14,15). The molecule has 0 amide bonds. The van der Waals surface area contributed by atoms with Gasteiger partial charge in [-0.1, -0.05) is 12.1 Å². The average molecular weight is 240 g/mol. The molecule has 0 bridgehead atoms. The van der Waals surface area contributed by atoms with Gasteiger partial charge in [-0.2, -0.15) is 0 Å². The van der Waals surface area contributed by atoms with Crippen LogP contribution >= 0.6 is 12.6 Å². The van der Waals surface area contributed by atoms with E-state index in [9.17, 15) is 14.7 Å². The summed E-state index contributed by atoms with van der Waals surface area (Å²) in [5, 5.41) is 17.9. The number of hydrogen-bond acceptors (Lipinski definition) is 4. The molecule has 1 aromatic rings. The zero-order valence-corrected chi connectivity index (χ0v) is 9.57. The van der Waals surface area contributed by atoms with E-state index < -0.39 is 12.1 Å². The summed E-state index contributed by atoms with van der Waals surface area (Å²) in [4.78, 5) is 22.0. The monoisotopic (exact) mass is 240 g/mol. The van der Waals surface area contributed by atoms with Gasteiger partial charge in [0.05, 0.1) is 0 Å². The third kappa shape index (κ3) is 3.08. The molecule has 0 fully saturated rings. The van der Waals surface area contributed by atoms with Gasteiger partial charge in [-0.3, -0.25) is 4.79 Å². The van der Waals surface area contributed by atoms with Crippen molar-refractivity contribution in [2.24, 2.45) is 0 Å². The molecule has 16 heavy (non-hydrogen) atoms. The highest BCUT2D eigenvalue weighted by Crippen LogP contribution is 2.21. The number of aliphatic hydroxyl groups excluding tert-OH is 1. The summed E-state index contributed by atoms with van der Waals surface area (Å²) in [6.45, 7) is 1.47. The molecule has 1 unspecified atom stereocenters. The number of Topliss-reactive ketones (excluding diaryl/α,β-unsaturated/α-hetero) is 1. The van der Waals surface area contributed by atoms with Crippen LogP contribution < -0.4 is 0 Å². The lowest BCUT2D eigenvalue weighted by Gasteiger charge is -2.09. The Hall–Kier alpha value is -1.33. The molecule has 4 nitrogen and oxygen atoms in total. The minimum Gasteiger partial charge on any atom is -0.479 e. The molecule has 0 heterocycles. The Labute approximate surface area is 98.3 Å². The Kier molecular flexibility index (Phi) is 4.09. The van der Waals surface area contributed by atoms with Crippen molar-refractivity contribution in [2.75, 3.05) is 0 Å². The van der Waals surface area contributed by atoms with Crippen LogP contribution in [-0.2, 0) is 16.0 Å². The molecule has 0 aromatic heterocycles. The predicted octanol–water partition coefficient (Wildman–Crippen LogP) is 1.22. The van der Waals surface area contributed by atoms with E-state index in [0.29, 0.717) is 4.90 Å². The van der Waals surface area contributed by atoms with Gasteiger partial charge >= 0.3 is 5.97 Å². The van der Waals surface area contributed by atoms with Gasteiger partial charge in [0.2, 0.25) is 0 Å². The molecule has 0 radical (unpaired) electrons. The number of carbonyl (C=O) groups excluding carboxylic acids is 1. The van der Waals surface area contributed by atoms with Crippen molar-refractivity contribution in [3.05, 3.63) is 29.3 Å². The molecule has 0 aliphatic heterocycles. The van der Waals surface area contributed by atoms with E-state index in [0.717, 1.165) is 5.56 Å². The topological polar surface area (TPSA) is 74.6 Å². The Morgan fingerprint density at radius 3 is 2.50 bits per heavy atom. The summed E-state index contributed by atoms with van der Waals surface area (Å²) in [7, 11) is 0. The van der Waals surface area contributed by atoms with Gasteiger partial charge in [-0.15, -0.1) is 12.6 Å². The second-order valence-corrected chi connectivity index (χ2v) is 3.99. The lowest BCUT2D eigenvalue weighted by Crippen LogP contribution is -2.10. The third-order valence-corrected chi connectivity index (χ3v) is 2.51. The summed E-state index contributed by atoms with van der Waals surface area (Å²) < 4.78 is 0. The fourth-order valence-corrected chi connectivity index (χ4v) is 1.61. The average Bonchev–Trinajstić information content (AvgIpc) is 2.19. The maximum absolute atomic E-state index is 10.9. The van der Waals surface area contributed by atoms with Crippen LogP contribution in [0.3, 0.4) is 0 Å². The number of thiol groups is 1. The Morgan fingerprint density at radius 1 is 1.44 bits per heavy atom. The SMILES string of the molecule is CC(=O)Cc1ccc(C(O)C(=O)O)cc1S. The molecule has 2 N–H and O–H groups in total. The lowest BCUT2D eigenvalue weighted by molar-refractivity contribution is -0.147. The quantitative estimate of drug-likeness (QED) is 0.692. The number of rotatable bonds is 4. The maximum atomic E-state index is 10.9. The molecule has 1 atom stereocenters. The minimum absolute atomic E-state index is 0.00170. The van der Waals surface area contributed by atoms with Crippen molar-refractivity contribution in [3.63, 3.8) is 0 Å². The Morgan fingerprint density at radius 2 is 2.06 bits per heavy atom. The van der Waals surface area contributed by atoms with Crippen LogP contribution in [0.15, 0.2) is 23.1 Å². The highest BCUT2D eigenvalue weighted by molar-refractivity contribution is 7.80. The lowest BCUT2D eigenvalue weighted by atomic mass is 10.0. The smallest absolute Gasteiger partial charge is 0.337 e. The van der Waals surface area contributed by atoms with E-state index in [1.807, 2.05) is 0 Å². The van der Waals surface area contributed by atoms with Gasteiger partial charge in [0.25, 0.3) is 0 Å². The van der Waals surface area contributed by atoms with Crippen LogP contribution in [0.2, 0.25) is 0 Å². The number of carboxylic acids is 1. The summed E-state index contributed by atoms with van der Waals surface area (Å²) in [6.07, 6.45) is -1.31. The van der Waals surface area contributed by atoms with E-state index in [4.69, 9.17) is 5.11 Å². The summed E-state index contributed by atoms with van der Waals surface area (Å²) in [6, 6.07) is 4.54. The van der Waals surface area contributed by atoms with Crippen LogP contribution in [0.25, 0.3) is 0 Å². The number of hydrogen-bond donors (Lipinski definition) is 3. The molecule has 0 aliphatic carbocycles. The molecular formula is C11H12O4S. The summed E-state index contributed by atoms with van der Waals surface area (Å²) in [5.41, 5.74) is 0.974. The molecule has 0 spiro atoms. The molecule has 5 heteroatoms. The second-order valence-electron chi connectivity index (χ2n) is 3.51. The third-order valence-electron chi connectivity index (χ3n) is 2.10. The second kappa shape index (κ2) is 5.14. The van der Waals surface area contributed by atoms with Crippen LogP contribution in [-0.4, -0.2) is 22.0 Å². The molecule has 0 aliphatic rings. The van der Waals surface area contributed by atoms with Crippen molar-refractivity contribution in [1.82, 2.24) is 0 Å². The fourth-order valence-electron chi connectivity index (χ4n) is 1.31. The van der Waals surface area contributed by atoms with Gasteiger partial charge in [0.1, 0.15) is 5.78 Å². The van der Waals surface area contributed by atoms with Gasteiger partial charge in [-0.05, 0) is 24.1 Å². The summed E-state index contributed by atoms with van der Waals surface area (Å²) >= 11 is 4.15. The molecule has 0 saturated heterocycles. The first-order valence-electron chi connectivity index (χ1n) is 4.64. The van der Waals surface area contributed by atoms with E-state index in [1.54, 1.807) is 6.07 Å². The van der Waals surface area contributed by atoms with E-state index in [-0.39, 0.29) is 17.8 Å². The Bertz CT molecular complexity index is 428. The molecule has 86 valence electrons. The number of carboxylic acid groups (broad SMARTS) is 1. The first-order chi connectivity index (χ1) is 7.41. The molecule has 1 aromatic carbocycles. The number of aliphatic hydroxyl groups is 1.